The van der Waals surface area contributed by atoms with Gasteiger partial charge in [0.05, 0.1) is 35.2 Å². The van der Waals surface area contributed by atoms with Crippen LogP contribution in [0.3, 0.4) is 0 Å². The van der Waals surface area contributed by atoms with Gasteiger partial charge in [-0.3, -0.25) is 10.6 Å². The van der Waals surface area contributed by atoms with Crippen molar-refractivity contribution < 1.29 is 27.5 Å². The van der Waals surface area contributed by atoms with E-state index in [0.717, 1.165) is 22.7 Å². The van der Waals surface area contributed by atoms with Crippen molar-refractivity contribution in [3.8, 4) is 17.2 Å². The lowest BCUT2D eigenvalue weighted by atomic mass is 9.92. The van der Waals surface area contributed by atoms with Crippen molar-refractivity contribution >= 4 is 50.0 Å². The van der Waals surface area contributed by atoms with Gasteiger partial charge in [0.1, 0.15) is 23.1 Å². The summed E-state index contributed by atoms with van der Waals surface area (Å²) >= 11 is 0. The number of ether oxygens (including phenoxy) is 2. The summed E-state index contributed by atoms with van der Waals surface area (Å²) in [5.74, 6) is 1.79. The minimum Gasteiger partial charge on any atom is -0.457 e. The van der Waals surface area contributed by atoms with E-state index in [2.05, 4.69) is 20.9 Å². The molecule has 5 aromatic rings. The third-order valence-electron chi connectivity index (χ3n) is 7.85. The molecule has 1 saturated heterocycles. The first-order chi connectivity index (χ1) is 23.3. The lowest BCUT2D eigenvalue weighted by molar-refractivity contribution is 0.0564. The van der Waals surface area contributed by atoms with E-state index in [-0.39, 0.29) is 16.3 Å². The molecule has 14 heteroatoms. The minimum absolute atomic E-state index is 0.186. The molecular weight excluding hydrogens is 646 g/mol. The van der Waals surface area contributed by atoms with Crippen LogP contribution in [0.1, 0.15) is 26.5 Å². The molecule has 2 aromatic heterocycles. The predicted octanol–water partition coefficient (Wildman–Crippen LogP) is 6.42. The molecule has 0 spiro atoms. The van der Waals surface area contributed by atoms with Crippen LogP contribution in [-0.2, 0) is 20.0 Å². The fourth-order valence-corrected chi connectivity index (χ4v) is 5.86. The molecule has 1 aliphatic rings. The van der Waals surface area contributed by atoms with Crippen molar-refractivity contribution in [2.24, 2.45) is 0 Å². The monoisotopic (exact) mass is 683 g/mol. The van der Waals surface area contributed by atoms with Crippen LogP contribution in [0, 0.1) is 0 Å². The number of carbonyl (C=O) groups excluding carboxylic acids is 2. The summed E-state index contributed by atoms with van der Waals surface area (Å²) in [6.07, 6.45) is 2.71. The van der Waals surface area contributed by atoms with Gasteiger partial charge in [-0.05, 0) is 42.5 Å². The molecule has 6 rings (SSSR count). The van der Waals surface area contributed by atoms with Gasteiger partial charge < -0.3 is 19.7 Å². The predicted molar refractivity (Wildman–Crippen MR) is 188 cm³/mol. The normalized spacial score (nSPS) is 13.6. The van der Waals surface area contributed by atoms with Gasteiger partial charge in [0.2, 0.25) is 0 Å². The Kier molecular flexibility index (Phi) is 9.26. The summed E-state index contributed by atoms with van der Waals surface area (Å²) in [6.45, 7) is 8.05. The van der Waals surface area contributed by atoms with E-state index in [4.69, 9.17) is 14.6 Å². The van der Waals surface area contributed by atoms with E-state index in [1.54, 1.807) is 58.2 Å². The van der Waals surface area contributed by atoms with E-state index < -0.39 is 15.9 Å². The number of hydrogen-bond donors (Lipinski definition) is 3. The summed E-state index contributed by atoms with van der Waals surface area (Å²) in [4.78, 5) is 32.2. The van der Waals surface area contributed by atoms with Gasteiger partial charge in [0.25, 0.3) is 0 Å². The standard InChI is InChI=1S/C35H37N7O6S/c1-35(2,3)30-22-32(42(40-30)23-9-11-25(12-10-23)49(4,45)46)39-33(43)37-28-13-14-29(27-8-6-5-7-26(27)28)48-24-15-16-36-31(21-24)38-34(44)41-17-19-47-20-18-41/h5-16,21-22H,17-20H2,1-4H3,(H,36,38,44)(H2,37,39,43). The van der Waals surface area contributed by atoms with Gasteiger partial charge in [-0.2, -0.15) is 5.10 Å². The van der Waals surface area contributed by atoms with Crippen LogP contribution in [0.25, 0.3) is 16.5 Å². The molecule has 0 atom stereocenters. The summed E-state index contributed by atoms with van der Waals surface area (Å²) < 4.78 is 37.1. The van der Waals surface area contributed by atoms with Gasteiger partial charge in [-0.15, -0.1) is 0 Å². The highest BCUT2D eigenvalue weighted by atomic mass is 32.2. The lowest BCUT2D eigenvalue weighted by Crippen LogP contribution is -2.43. The van der Waals surface area contributed by atoms with Crippen molar-refractivity contribution in [2.75, 3.05) is 48.5 Å². The highest BCUT2D eigenvalue weighted by Crippen LogP contribution is 2.35. The van der Waals surface area contributed by atoms with E-state index in [9.17, 15) is 18.0 Å². The summed E-state index contributed by atoms with van der Waals surface area (Å²) in [5.41, 5.74) is 1.56. The second-order valence-electron chi connectivity index (χ2n) is 12.6. The van der Waals surface area contributed by atoms with Crippen molar-refractivity contribution in [3.05, 3.63) is 90.8 Å². The molecule has 3 N–H and O–H groups in total. The molecule has 3 aromatic carbocycles. The van der Waals surface area contributed by atoms with Crippen molar-refractivity contribution in [3.63, 3.8) is 0 Å². The Hall–Kier alpha value is -5.47. The van der Waals surface area contributed by atoms with E-state index >= 15 is 0 Å². The molecule has 0 aliphatic carbocycles. The number of nitrogens with zero attached hydrogens (tertiary/aromatic N) is 4. The number of anilines is 3. The Balaban J connectivity index is 1.21. The Bertz CT molecular complexity index is 2120. The number of sulfone groups is 1. The zero-order valence-corrected chi connectivity index (χ0v) is 28.4. The zero-order valence-electron chi connectivity index (χ0n) is 27.6. The number of morpholine rings is 1. The lowest BCUT2D eigenvalue weighted by Gasteiger charge is -2.26. The molecule has 3 heterocycles. The number of aromatic nitrogens is 3. The van der Waals surface area contributed by atoms with Crippen LogP contribution in [-0.4, -0.2) is 72.7 Å². The molecule has 0 bridgehead atoms. The number of urea groups is 2. The van der Waals surface area contributed by atoms with E-state index in [0.29, 0.717) is 60.8 Å². The number of carbonyl (C=O) groups is 2. The minimum atomic E-state index is -3.37. The molecular formula is C35H37N7O6S. The van der Waals surface area contributed by atoms with Crippen LogP contribution < -0.4 is 20.7 Å². The molecule has 254 valence electrons. The average Bonchev–Trinajstić information content (AvgIpc) is 3.50. The van der Waals surface area contributed by atoms with Gasteiger partial charge in [-0.1, -0.05) is 45.0 Å². The first-order valence-corrected chi connectivity index (χ1v) is 17.5. The summed E-state index contributed by atoms with van der Waals surface area (Å²) in [5, 5.41) is 14.9. The van der Waals surface area contributed by atoms with Gasteiger partial charge in [-0.25, -0.2) is 27.7 Å². The molecule has 0 unspecified atom stereocenters. The van der Waals surface area contributed by atoms with E-state index in [1.165, 1.54) is 12.1 Å². The molecule has 0 radical (unpaired) electrons. The van der Waals surface area contributed by atoms with E-state index in [1.807, 2.05) is 45.0 Å². The number of nitrogens with one attached hydrogen (secondary N) is 3. The molecule has 4 amide bonds. The Morgan fingerprint density at radius 2 is 1.59 bits per heavy atom. The topological polar surface area (TPSA) is 157 Å². The number of benzene rings is 3. The third-order valence-corrected chi connectivity index (χ3v) is 8.98. The smallest absolute Gasteiger partial charge is 0.324 e. The average molecular weight is 684 g/mol. The number of pyridine rings is 1. The SMILES string of the molecule is CC(C)(C)c1cc(NC(=O)Nc2ccc(Oc3ccnc(NC(=O)N4CCOCC4)c3)c3ccccc23)n(-c2ccc(S(C)(=O)=O)cc2)n1. The number of rotatable bonds is 7. The fourth-order valence-electron chi connectivity index (χ4n) is 5.23. The summed E-state index contributed by atoms with van der Waals surface area (Å²) in [6, 6.07) is 21.7. The highest BCUT2D eigenvalue weighted by Gasteiger charge is 2.23. The molecule has 0 saturated carbocycles. The maximum Gasteiger partial charge on any atom is 0.324 e. The van der Waals surface area contributed by atoms with Gasteiger partial charge in [0.15, 0.2) is 9.84 Å². The number of amides is 4. The highest BCUT2D eigenvalue weighted by molar-refractivity contribution is 7.90. The van der Waals surface area contributed by atoms with Crippen LogP contribution in [0.5, 0.6) is 11.5 Å². The number of hydrogen-bond acceptors (Lipinski definition) is 8. The molecule has 1 aliphatic heterocycles. The summed E-state index contributed by atoms with van der Waals surface area (Å²) in [7, 11) is -3.37. The molecule has 13 nitrogen and oxygen atoms in total. The van der Waals surface area contributed by atoms with Crippen LogP contribution in [0.15, 0.2) is 90.0 Å². The second kappa shape index (κ2) is 13.6. The Morgan fingerprint density at radius 1 is 0.878 bits per heavy atom. The van der Waals surface area contributed by atoms with Crippen molar-refractivity contribution in [1.82, 2.24) is 19.7 Å². The van der Waals surface area contributed by atoms with Crippen molar-refractivity contribution in [2.45, 2.75) is 31.1 Å². The maximum absolute atomic E-state index is 13.4. The second-order valence-corrected chi connectivity index (χ2v) is 14.6. The zero-order chi connectivity index (χ0) is 34.8. The third kappa shape index (κ3) is 7.82. The van der Waals surface area contributed by atoms with Crippen LogP contribution in [0.4, 0.5) is 26.9 Å². The quantitative estimate of drug-likeness (QED) is 0.177. The van der Waals surface area contributed by atoms with Crippen molar-refractivity contribution in [1.29, 1.82) is 0 Å². The number of fused-ring (bicyclic) bond motifs is 1. The molecule has 1 fully saturated rings. The van der Waals surface area contributed by atoms with Crippen LogP contribution >= 0.6 is 0 Å². The van der Waals surface area contributed by atoms with Crippen LogP contribution in [0.2, 0.25) is 0 Å². The first kappa shape index (κ1) is 33.4. The Labute approximate surface area is 284 Å². The fraction of sp³-hybridized carbons (Fsp3) is 0.257. The largest absolute Gasteiger partial charge is 0.457 e. The van der Waals surface area contributed by atoms with Gasteiger partial charge in [0, 0.05) is 53.9 Å². The Morgan fingerprint density at radius 3 is 2.29 bits per heavy atom. The van der Waals surface area contributed by atoms with Gasteiger partial charge >= 0.3 is 12.1 Å². The first-order valence-electron chi connectivity index (χ1n) is 15.6. The maximum atomic E-state index is 13.4. The molecule has 49 heavy (non-hydrogen) atoms.